The Bertz CT molecular complexity index is 1050. The van der Waals surface area contributed by atoms with Crippen molar-refractivity contribution >= 4 is 38.7 Å². The molecule has 0 aliphatic heterocycles. The Balaban J connectivity index is 2.45. The van der Waals surface area contributed by atoms with Crippen LogP contribution in [-0.2, 0) is 14.8 Å². The number of hydrogen-bond donors (Lipinski definition) is 1. The van der Waals surface area contributed by atoms with Crippen molar-refractivity contribution in [1.82, 2.24) is 4.31 Å². The van der Waals surface area contributed by atoms with Crippen LogP contribution in [0.15, 0.2) is 51.5 Å². The number of azo groups is 1. The highest BCUT2D eigenvalue weighted by Gasteiger charge is 2.17. The monoisotopic (exact) mass is 447 g/mol. The maximum absolute atomic E-state index is 12.2. The van der Waals surface area contributed by atoms with Gasteiger partial charge in [0.2, 0.25) is 15.9 Å². The minimum atomic E-state index is -3.52. The first-order valence-electron chi connectivity index (χ1n) is 9.82. The summed E-state index contributed by atoms with van der Waals surface area (Å²) < 4.78 is 31.1. The fourth-order valence-corrected chi connectivity index (χ4v) is 3.81. The minimum absolute atomic E-state index is 0.167. The molecule has 168 valence electrons. The van der Waals surface area contributed by atoms with E-state index in [0.717, 1.165) is 23.1 Å². The second-order valence-corrected chi connectivity index (χ2v) is 9.03. The summed E-state index contributed by atoms with van der Waals surface area (Å²) in [5.41, 5.74) is 2.24. The Labute approximate surface area is 183 Å². The van der Waals surface area contributed by atoms with Crippen molar-refractivity contribution in [1.29, 1.82) is 0 Å². The van der Waals surface area contributed by atoms with Gasteiger partial charge in [-0.2, -0.15) is 5.11 Å². The largest absolute Gasteiger partial charge is 0.494 e. The molecule has 2 aromatic rings. The lowest BCUT2D eigenvalue weighted by molar-refractivity contribution is -0.114. The van der Waals surface area contributed by atoms with Gasteiger partial charge in [0.05, 0.1) is 29.1 Å². The van der Waals surface area contributed by atoms with Crippen molar-refractivity contribution in [3.63, 3.8) is 0 Å². The van der Waals surface area contributed by atoms with Crippen molar-refractivity contribution < 1.29 is 17.9 Å². The molecule has 1 N–H and O–H groups in total. The zero-order valence-electron chi connectivity index (χ0n) is 18.7. The fraction of sp³-hybridized carbons (Fsp3) is 0.381. The Morgan fingerprint density at radius 2 is 1.68 bits per heavy atom. The average Bonchev–Trinajstić information content (AvgIpc) is 2.73. The molecule has 0 aliphatic carbocycles. The summed E-state index contributed by atoms with van der Waals surface area (Å²) in [6.45, 7) is 7.04. The summed E-state index contributed by atoms with van der Waals surface area (Å²) in [6.07, 6.45) is 0. The summed E-state index contributed by atoms with van der Waals surface area (Å²) in [7, 11) is 1.01. The topological polar surface area (TPSA) is 104 Å². The van der Waals surface area contributed by atoms with Crippen LogP contribution in [0.4, 0.5) is 22.7 Å². The van der Waals surface area contributed by atoms with E-state index in [1.54, 1.807) is 25.3 Å². The number of carbonyl (C=O) groups excluding carboxylic acids is 1. The smallest absolute Gasteiger partial charge is 0.242 e. The molecule has 0 atom stereocenters. The number of hydrogen-bond acceptors (Lipinski definition) is 7. The van der Waals surface area contributed by atoms with Crippen molar-refractivity contribution in [2.24, 2.45) is 10.2 Å². The van der Waals surface area contributed by atoms with E-state index in [4.69, 9.17) is 4.74 Å². The predicted molar refractivity (Wildman–Crippen MR) is 122 cm³/mol. The molecule has 0 radical (unpaired) electrons. The molecule has 0 spiro atoms. The number of benzene rings is 2. The van der Waals surface area contributed by atoms with Crippen LogP contribution in [0, 0.1) is 0 Å². The van der Waals surface area contributed by atoms with E-state index >= 15 is 0 Å². The minimum Gasteiger partial charge on any atom is -0.494 e. The zero-order chi connectivity index (χ0) is 23.2. The van der Waals surface area contributed by atoms with Gasteiger partial charge in [-0.25, -0.2) is 12.7 Å². The molecule has 0 saturated heterocycles. The first-order valence-corrected chi connectivity index (χ1v) is 11.3. The maximum Gasteiger partial charge on any atom is 0.242 e. The predicted octanol–water partition coefficient (Wildman–Crippen LogP) is 4.17. The lowest BCUT2D eigenvalue weighted by Gasteiger charge is -2.24. The van der Waals surface area contributed by atoms with E-state index in [1.807, 2.05) is 19.9 Å². The van der Waals surface area contributed by atoms with Gasteiger partial charge in [-0.15, -0.1) is 5.11 Å². The van der Waals surface area contributed by atoms with E-state index < -0.39 is 10.0 Å². The van der Waals surface area contributed by atoms with Crippen molar-refractivity contribution in [2.75, 3.05) is 44.5 Å². The van der Waals surface area contributed by atoms with Crippen LogP contribution in [0.2, 0.25) is 0 Å². The molecule has 0 fully saturated rings. The molecule has 0 saturated carbocycles. The van der Waals surface area contributed by atoms with Crippen LogP contribution in [0.5, 0.6) is 5.75 Å². The second kappa shape index (κ2) is 10.4. The molecule has 9 nitrogen and oxygen atoms in total. The number of ether oxygens (including phenoxy) is 1. The highest BCUT2D eigenvalue weighted by Crippen LogP contribution is 2.39. The van der Waals surface area contributed by atoms with Crippen LogP contribution in [0.1, 0.15) is 20.8 Å². The Kier molecular flexibility index (Phi) is 8.12. The van der Waals surface area contributed by atoms with E-state index in [9.17, 15) is 13.2 Å². The van der Waals surface area contributed by atoms with Gasteiger partial charge in [-0.1, -0.05) is 0 Å². The van der Waals surface area contributed by atoms with Crippen LogP contribution < -0.4 is 15.0 Å². The van der Waals surface area contributed by atoms with Crippen molar-refractivity contribution in [3.8, 4) is 5.75 Å². The van der Waals surface area contributed by atoms with Crippen molar-refractivity contribution in [3.05, 3.63) is 36.4 Å². The molecule has 1 amide bonds. The lowest BCUT2D eigenvalue weighted by Crippen LogP contribution is -2.22. The summed E-state index contributed by atoms with van der Waals surface area (Å²) in [4.78, 5) is 14.0. The SMILES string of the molecule is CCN(CC)c1cc(NC(C)=O)c(N=Nc2ccc(S(=O)(=O)N(C)C)cc2)cc1OC. The Morgan fingerprint density at radius 1 is 1.06 bits per heavy atom. The molecule has 31 heavy (non-hydrogen) atoms. The third-order valence-electron chi connectivity index (χ3n) is 4.60. The molecule has 2 rings (SSSR count). The molecular formula is C21H29N5O4S. The molecule has 0 unspecified atom stereocenters. The molecule has 0 aliphatic rings. The first kappa shape index (κ1) is 24.3. The molecule has 10 heteroatoms. The van der Waals surface area contributed by atoms with Crippen LogP contribution in [-0.4, -0.2) is 52.9 Å². The number of rotatable bonds is 9. The summed E-state index contributed by atoms with van der Waals surface area (Å²) in [5.74, 6) is 0.379. The van der Waals surface area contributed by atoms with Crippen LogP contribution >= 0.6 is 0 Å². The van der Waals surface area contributed by atoms with E-state index in [2.05, 4.69) is 20.4 Å². The lowest BCUT2D eigenvalue weighted by atomic mass is 10.2. The van der Waals surface area contributed by atoms with Gasteiger partial charge in [0, 0.05) is 40.2 Å². The normalized spacial score (nSPS) is 11.7. The van der Waals surface area contributed by atoms with Gasteiger partial charge in [-0.3, -0.25) is 4.79 Å². The summed E-state index contributed by atoms with van der Waals surface area (Å²) >= 11 is 0. The Hall–Kier alpha value is -2.98. The van der Waals surface area contributed by atoms with Crippen LogP contribution in [0.25, 0.3) is 0 Å². The van der Waals surface area contributed by atoms with Gasteiger partial charge < -0.3 is 15.0 Å². The van der Waals surface area contributed by atoms with Gasteiger partial charge in [0.25, 0.3) is 0 Å². The van der Waals surface area contributed by atoms with Crippen LogP contribution in [0.3, 0.4) is 0 Å². The van der Waals surface area contributed by atoms with Gasteiger partial charge >= 0.3 is 0 Å². The molecule has 0 aromatic heterocycles. The highest BCUT2D eigenvalue weighted by atomic mass is 32.2. The first-order chi connectivity index (χ1) is 14.6. The number of sulfonamides is 1. The van der Waals surface area contributed by atoms with E-state index in [1.165, 1.54) is 33.2 Å². The van der Waals surface area contributed by atoms with Gasteiger partial charge in [0.1, 0.15) is 11.4 Å². The number of anilines is 2. The molecule has 0 bridgehead atoms. The molecular weight excluding hydrogens is 418 g/mol. The number of methoxy groups -OCH3 is 1. The Morgan fingerprint density at radius 3 is 2.16 bits per heavy atom. The van der Waals surface area contributed by atoms with E-state index in [0.29, 0.717) is 22.8 Å². The summed E-state index contributed by atoms with van der Waals surface area (Å²) in [5, 5.41) is 11.3. The number of amides is 1. The average molecular weight is 448 g/mol. The third kappa shape index (κ3) is 5.80. The quantitative estimate of drug-likeness (QED) is 0.581. The second-order valence-electron chi connectivity index (χ2n) is 6.88. The molecule has 0 heterocycles. The van der Waals surface area contributed by atoms with Gasteiger partial charge in [-0.05, 0) is 44.2 Å². The van der Waals surface area contributed by atoms with E-state index in [-0.39, 0.29) is 10.8 Å². The highest BCUT2D eigenvalue weighted by molar-refractivity contribution is 7.89. The molecule has 2 aromatic carbocycles. The third-order valence-corrected chi connectivity index (χ3v) is 6.43. The fourth-order valence-electron chi connectivity index (χ4n) is 2.91. The van der Waals surface area contributed by atoms with Gasteiger partial charge in [0.15, 0.2) is 0 Å². The zero-order valence-corrected chi connectivity index (χ0v) is 19.5. The maximum atomic E-state index is 12.2. The summed E-state index contributed by atoms with van der Waals surface area (Å²) in [6, 6.07) is 9.62. The number of nitrogens with one attached hydrogen (secondary N) is 1. The standard InChI is InChI=1S/C21H29N5O4S/c1-7-26(8-2)20-13-18(22-15(3)27)19(14-21(20)30-6)24-23-16-9-11-17(12-10-16)31(28,29)25(4)5/h9-14H,7-8H2,1-6H3,(H,22,27). The van der Waals surface area contributed by atoms with Crippen molar-refractivity contribution in [2.45, 2.75) is 25.7 Å². The number of nitrogens with zero attached hydrogens (tertiary/aromatic N) is 4. The number of carbonyl (C=O) groups is 1.